The maximum absolute atomic E-state index is 12.5. The van der Waals surface area contributed by atoms with E-state index in [4.69, 9.17) is 34.8 Å². The molecule has 5 nitrogen and oxygen atoms in total. The lowest BCUT2D eigenvalue weighted by Crippen LogP contribution is -2.15. The number of nitrogens with one attached hydrogen (secondary N) is 1. The molecule has 1 N–H and O–H groups in total. The van der Waals surface area contributed by atoms with Crippen LogP contribution in [0.4, 0.5) is 5.69 Å². The van der Waals surface area contributed by atoms with E-state index in [1.54, 1.807) is 30.3 Å². The fourth-order valence-electron chi connectivity index (χ4n) is 2.99. The van der Waals surface area contributed by atoms with Crippen molar-refractivity contribution in [2.24, 2.45) is 0 Å². The molecule has 0 aliphatic rings. The first-order chi connectivity index (χ1) is 15.4. The summed E-state index contributed by atoms with van der Waals surface area (Å²) in [6, 6.07) is 20.3. The zero-order valence-electron chi connectivity index (χ0n) is 16.8. The van der Waals surface area contributed by atoms with E-state index in [1.807, 2.05) is 47.9 Å². The van der Waals surface area contributed by atoms with Crippen LogP contribution in [0.5, 0.6) is 0 Å². The van der Waals surface area contributed by atoms with Crippen molar-refractivity contribution >= 4 is 58.2 Å². The SMILES string of the molecule is Cc1ccc(-c2nnc(SCC(=O)Nc3cc(Cl)ccc3Cl)n2-c2ccc(Cl)cc2)cc1. The van der Waals surface area contributed by atoms with Gasteiger partial charge >= 0.3 is 0 Å². The van der Waals surface area contributed by atoms with Crippen LogP contribution in [0.3, 0.4) is 0 Å². The highest BCUT2D eigenvalue weighted by Gasteiger charge is 2.18. The number of carbonyl (C=O) groups excluding carboxylic acids is 1. The summed E-state index contributed by atoms with van der Waals surface area (Å²) < 4.78 is 1.91. The summed E-state index contributed by atoms with van der Waals surface area (Å²) in [6.45, 7) is 2.03. The molecule has 0 fully saturated rings. The van der Waals surface area contributed by atoms with Gasteiger partial charge in [0.25, 0.3) is 0 Å². The van der Waals surface area contributed by atoms with Crippen LogP contribution in [-0.4, -0.2) is 26.4 Å². The quantitative estimate of drug-likeness (QED) is 0.290. The third-order valence-electron chi connectivity index (χ3n) is 4.56. The van der Waals surface area contributed by atoms with Gasteiger partial charge in [-0.1, -0.05) is 76.4 Å². The molecular weight excluding hydrogens is 487 g/mol. The average Bonchev–Trinajstić information content (AvgIpc) is 3.20. The smallest absolute Gasteiger partial charge is 0.234 e. The zero-order chi connectivity index (χ0) is 22.7. The van der Waals surface area contributed by atoms with E-state index in [2.05, 4.69) is 15.5 Å². The lowest BCUT2D eigenvalue weighted by Gasteiger charge is -2.11. The first-order valence-electron chi connectivity index (χ1n) is 9.57. The molecule has 1 heterocycles. The van der Waals surface area contributed by atoms with Crippen molar-refractivity contribution in [2.45, 2.75) is 12.1 Å². The molecule has 0 spiro atoms. The summed E-state index contributed by atoms with van der Waals surface area (Å²) in [4.78, 5) is 12.5. The summed E-state index contributed by atoms with van der Waals surface area (Å²) in [5.74, 6) is 0.553. The number of aromatic nitrogens is 3. The van der Waals surface area contributed by atoms with Crippen molar-refractivity contribution < 1.29 is 4.79 Å². The number of nitrogens with zero attached hydrogens (tertiary/aromatic N) is 3. The van der Waals surface area contributed by atoms with E-state index in [0.717, 1.165) is 16.8 Å². The summed E-state index contributed by atoms with van der Waals surface area (Å²) >= 11 is 19.5. The van der Waals surface area contributed by atoms with Crippen LogP contribution in [0.15, 0.2) is 71.9 Å². The van der Waals surface area contributed by atoms with Gasteiger partial charge in [0, 0.05) is 21.3 Å². The van der Waals surface area contributed by atoms with Crippen LogP contribution >= 0.6 is 46.6 Å². The zero-order valence-corrected chi connectivity index (χ0v) is 19.9. The molecule has 0 saturated carbocycles. The van der Waals surface area contributed by atoms with E-state index < -0.39 is 0 Å². The van der Waals surface area contributed by atoms with Gasteiger partial charge in [-0.05, 0) is 49.4 Å². The van der Waals surface area contributed by atoms with Crippen molar-refractivity contribution in [1.82, 2.24) is 14.8 Å². The van der Waals surface area contributed by atoms with Gasteiger partial charge in [0.2, 0.25) is 5.91 Å². The third-order valence-corrected chi connectivity index (χ3v) is 6.31. The lowest BCUT2D eigenvalue weighted by molar-refractivity contribution is -0.113. The van der Waals surface area contributed by atoms with Gasteiger partial charge < -0.3 is 5.32 Å². The van der Waals surface area contributed by atoms with E-state index in [0.29, 0.717) is 31.7 Å². The van der Waals surface area contributed by atoms with E-state index in [9.17, 15) is 4.79 Å². The highest BCUT2D eigenvalue weighted by Crippen LogP contribution is 2.30. The Balaban J connectivity index is 1.60. The molecule has 32 heavy (non-hydrogen) atoms. The van der Waals surface area contributed by atoms with Gasteiger partial charge in [0.05, 0.1) is 16.5 Å². The van der Waals surface area contributed by atoms with E-state index in [-0.39, 0.29) is 11.7 Å². The molecule has 0 atom stereocenters. The molecule has 1 aromatic heterocycles. The molecule has 4 aromatic rings. The molecule has 0 unspecified atom stereocenters. The van der Waals surface area contributed by atoms with Crippen molar-refractivity contribution in [3.8, 4) is 17.1 Å². The largest absolute Gasteiger partial charge is 0.324 e. The van der Waals surface area contributed by atoms with Crippen molar-refractivity contribution in [3.05, 3.63) is 87.4 Å². The van der Waals surface area contributed by atoms with Crippen LogP contribution in [0.2, 0.25) is 15.1 Å². The van der Waals surface area contributed by atoms with Crippen molar-refractivity contribution in [1.29, 1.82) is 0 Å². The number of hydrogen-bond acceptors (Lipinski definition) is 4. The minimum atomic E-state index is -0.235. The Morgan fingerprint density at radius 2 is 1.62 bits per heavy atom. The minimum absolute atomic E-state index is 0.114. The number of thioether (sulfide) groups is 1. The third kappa shape index (κ3) is 5.27. The Kier molecular flexibility index (Phi) is 7.06. The van der Waals surface area contributed by atoms with Gasteiger partial charge in [0.1, 0.15) is 0 Å². The van der Waals surface area contributed by atoms with Crippen LogP contribution in [0.1, 0.15) is 5.56 Å². The van der Waals surface area contributed by atoms with Crippen molar-refractivity contribution in [3.63, 3.8) is 0 Å². The predicted molar refractivity (Wildman–Crippen MR) is 132 cm³/mol. The number of carbonyl (C=O) groups is 1. The van der Waals surface area contributed by atoms with Crippen molar-refractivity contribution in [2.75, 3.05) is 11.1 Å². The second-order valence-corrected chi connectivity index (χ2v) is 9.17. The number of rotatable bonds is 6. The molecule has 162 valence electrons. The summed E-state index contributed by atoms with van der Waals surface area (Å²) in [5.41, 5.74) is 3.37. The van der Waals surface area contributed by atoms with Gasteiger partial charge in [-0.3, -0.25) is 9.36 Å². The Hall–Kier alpha value is -2.51. The highest BCUT2D eigenvalue weighted by atomic mass is 35.5. The monoisotopic (exact) mass is 502 g/mol. The van der Waals surface area contributed by atoms with Crippen LogP contribution in [0, 0.1) is 6.92 Å². The predicted octanol–water partition coefficient (Wildman–Crippen LogP) is 6.93. The van der Waals surface area contributed by atoms with Crippen LogP contribution in [-0.2, 0) is 4.79 Å². The van der Waals surface area contributed by atoms with E-state index >= 15 is 0 Å². The number of halogens is 3. The number of aryl methyl sites for hydroxylation is 1. The highest BCUT2D eigenvalue weighted by molar-refractivity contribution is 7.99. The molecule has 4 rings (SSSR count). The molecule has 0 saturated heterocycles. The molecule has 0 aliphatic carbocycles. The summed E-state index contributed by atoms with van der Waals surface area (Å²) in [6.07, 6.45) is 0. The number of anilines is 1. The first-order valence-corrected chi connectivity index (χ1v) is 11.7. The van der Waals surface area contributed by atoms with Gasteiger partial charge in [-0.2, -0.15) is 0 Å². The number of hydrogen-bond donors (Lipinski definition) is 1. The topological polar surface area (TPSA) is 59.8 Å². The van der Waals surface area contributed by atoms with Crippen LogP contribution in [0.25, 0.3) is 17.1 Å². The van der Waals surface area contributed by atoms with Gasteiger partial charge in [-0.25, -0.2) is 0 Å². The fourth-order valence-corrected chi connectivity index (χ4v) is 4.20. The Morgan fingerprint density at radius 3 is 2.34 bits per heavy atom. The first kappa shape index (κ1) is 22.7. The fraction of sp³-hybridized carbons (Fsp3) is 0.0870. The minimum Gasteiger partial charge on any atom is -0.324 e. The van der Waals surface area contributed by atoms with E-state index in [1.165, 1.54) is 11.8 Å². The second kappa shape index (κ2) is 9.96. The average molecular weight is 504 g/mol. The molecule has 3 aromatic carbocycles. The number of amides is 1. The van der Waals surface area contributed by atoms with Gasteiger partial charge in [0.15, 0.2) is 11.0 Å². The molecular formula is C23H17Cl3N4OS. The summed E-state index contributed by atoms with van der Waals surface area (Å²) in [5, 5.41) is 13.6. The molecule has 0 radical (unpaired) electrons. The maximum atomic E-state index is 12.5. The Labute approximate surface area is 204 Å². The second-order valence-electron chi connectivity index (χ2n) is 6.95. The normalized spacial score (nSPS) is 10.9. The maximum Gasteiger partial charge on any atom is 0.234 e. The molecule has 0 bridgehead atoms. The lowest BCUT2D eigenvalue weighted by atomic mass is 10.1. The molecule has 1 amide bonds. The molecule has 0 aliphatic heterocycles. The van der Waals surface area contributed by atoms with Crippen LogP contribution < -0.4 is 5.32 Å². The number of benzene rings is 3. The Morgan fingerprint density at radius 1 is 0.938 bits per heavy atom. The standard InChI is InChI=1S/C23H17Cl3N4OS/c1-14-2-4-15(5-3-14)22-28-29-23(30(22)18-9-6-16(24)7-10-18)32-13-21(31)27-20-12-17(25)8-11-19(20)26/h2-12H,13H2,1H3,(H,27,31). The Bertz CT molecular complexity index is 1260. The summed E-state index contributed by atoms with van der Waals surface area (Å²) in [7, 11) is 0. The molecule has 9 heteroatoms. The van der Waals surface area contributed by atoms with Gasteiger partial charge in [-0.15, -0.1) is 10.2 Å².